The summed E-state index contributed by atoms with van der Waals surface area (Å²) in [5, 5.41) is 17.3. The molecule has 0 atom stereocenters. The zero-order valence-corrected chi connectivity index (χ0v) is 15.3. The van der Waals surface area contributed by atoms with E-state index in [2.05, 4.69) is 26.3 Å². The number of benzene rings is 1. The van der Waals surface area contributed by atoms with Crippen LogP contribution in [0.15, 0.2) is 22.7 Å². The zero-order chi connectivity index (χ0) is 19.0. The lowest BCUT2D eigenvalue weighted by atomic mass is 10.2. The topological polar surface area (TPSA) is 90.1 Å². The van der Waals surface area contributed by atoms with E-state index in [4.69, 9.17) is 0 Å². The number of non-ortho nitro benzene ring substituents is 1. The fourth-order valence-corrected chi connectivity index (χ4v) is 3.49. The molecule has 1 aliphatic rings. The van der Waals surface area contributed by atoms with Gasteiger partial charge in [-0.2, -0.15) is 5.10 Å². The second-order valence-corrected chi connectivity index (χ2v) is 6.91. The second-order valence-electron chi connectivity index (χ2n) is 6.12. The van der Waals surface area contributed by atoms with Gasteiger partial charge < -0.3 is 5.32 Å². The number of hydrogen-bond acceptors (Lipinski definition) is 4. The Balaban J connectivity index is 1.78. The van der Waals surface area contributed by atoms with Crippen LogP contribution in [-0.2, 0) is 11.3 Å². The Morgan fingerprint density at radius 3 is 2.73 bits per heavy atom. The number of hydrogen-bond donors (Lipinski definition) is 1. The third-order valence-electron chi connectivity index (χ3n) is 4.12. The monoisotopic (exact) mass is 428 g/mol. The highest BCUT2D eigenvalue weighted by molar-refractivity contribution is 9.10. The average Bonchev–Trinajstić information content (AvgIpc) is 3.33. The molecule has 0 aliphatic heterocycles. The van der Waals surface area contributed by atoms with Gasteiger partial charge in [-0.25, -0.2) is 8.78 Å². The molecule has 2 aromatic rings. The summed E-state index contributed by atoms with van der Waals surface area (Å²) in [5.41, 5.74) is 1.12. The molecule has 10 heteroatoms. The van der Waals surface area contributed by atoms with E-state index in [1.807, 2.05) is 0 Å². The highest BCUT2D eigenvalue weighted by atomic mass is 79.9. The molecule has 1 N–H and O–H groups in total. The second kappa shape index (κ2) is 7.10. The fraction of sp³-hybridized carbons (Fsp3) is 0.375. The van der Waals surface area contributed by atoms with Gasteiger partial charge in [-0.1, -0.05) is 0 Å². The summed E-state index contributed by atoms with van der Waals surface area (Å²) in [6.07, 6.45) is -0.991. The lowest BCUT2D eigenvalue weighted by molar-refractivity contribution is -0.384. The van der Waals surface area contributed by atoms with Crippen molar-refractivity contribution in [3.8, 4) is 0 Å². The molecule has 3 rings (SSSR count). The Labute approximate surface area is 155 Å². The molecular weight excluding hydrogens is 414 g/mol. The van der Waals surface area contributed by atoms with Crippen molar-refractivity contribution in [2.45, 2.75) is 38.7 Å². The van der Waals surface area contributed by atoms with Crippen molar-refractivity contribution in [1.82, 2.24) is 9.78 Å². The summed E-state index contributed by atoms with van der Waals surface area (Å²) in [4.78, 5) is 22.6. The fourth-order valence-electron chi connectivity index (χ4n) is 2.71. The lowest BCUT2D eigenvalue weighted by Gasteiger charge is -2.10. The molecule has 1 aromatic heterocycles. The van der Waals surface area contributed by atoms with Crippen molar-refractivity contribution in [3.05, 3.63) is 49.7 Å². The van der Waals surface area contributed by atoms with Gasteiger partial charge in [0.05, 0.1) is 15.1 Å². The molecule has 0 spiro atoms. The summed E-state index contributed by atoms with van der Waals surface area (Å²) in [6.45, 7) is 1.42. The number of carbonyl (C=O) groups excluding carboxylic acids is 1. The van der Waals surface area contributed by atoms with Crippen LogP contribution in [-0.4, -0.2) is 20.6 Å². The van der Waals surface area contributed by atoms with E-state index in [1.165, 1.54) is 22.9 Å². The number of carbonyl (C=O) groups is 1. The van der Waals surface area contributed by atoms with Crippen LogP contribution in [0.5, 0.6) is 0 Å². The van der Waals surface area contributed by atoms with E-state index in [0.717, 1.165) is 12.8 Å². The maximum Gasteiger partial charge on any atom is 0.283 e. The number of amides is 1. The number of rotatable bonds is 6. The van der Waals surface area contributed by atoms with Crippen LogP contribution < -0.4 is 5.32 Å². The molecule has 0 radical (unpaired) electrons. The third-order valence-corrected chi connectivity index (χ3v) is 4.93. The minimum atomic E-state index is -2.73. The van der Waals surface area contributed by atoms with E-state index in [0.29, 0.717) is 16.9 Å². The molecule has 1 aliphatic carbocycles. The number of nitrogens with zero attached hydrogens (tertiary/aromatic N) is 3. The SMILES string of the molecule is Cc1cc([N+](=O)[O-])ccc1NC(=O)Cn1nc(C(F)F)c(Br)c1C1CC1. The summed E-state index contributed by atoms with van der Waals surface area (Å²) >= 11 is 3.17. The number of nitro groups is 1. The molecule has 1 amide bonds. The minimum Gasteiger partial charge on any atom is -0.324 e. The van der Waals surface area contributed by atoms with Crippen LogP contribution in [0.25, 0.3) is 0 Å². The Hall–Kier alpha value is -2.36. The molecule has 0 saturated heterocycles. The Kier molecular flexibility index (Phi) is 5.03. The van der Waals surface area contributed by atoms with E-state index in [-0.39, 0.29) is 28.3 Å². The summed E-state index contributed by atoms with van der Waals surface area (Å²) in [7, 11) is 0. The van der Waals surface area contributed by atoms with Crippen LogP contribution in [0.3, 0.4) is 0 Å². The molecule has 1 heterocycles. The number of alkyl halides is 2. The number of nitro benzene ring substituents is 1. The molecule has 1 aromatic carbocycles. The van der Waals surface area contributed by atoms with E-state index in [9.17, 15) is 23.7 Å². The molecule has 1 saturated carbocycles. The van der Waals surface area contributed by atoms with Gasteiger partial charge in [-0.15, -0.1) is 0 Å². The predicted octanol–water partition coefficient (Wildman–Crippen LogP) is 4.32. The van der Waals surface area contributed by atoms with Gasteiger partial charge in [0.2, 0.25) is 5.91 Å². The predicted molar refractivity (Wildman–Crippen MR) is 93.3 cm³/mol. The summed E-state index contributed by atoms with van der Waals surface area (Å²) in [5.74, 6) is -0.321. The number of aromatic nitrogens is 2. The highest BCUT2D eigenvalue weighted by Gasteiger charge is 2.34. The molecule has 0 unspecified atom stereocenters. The first-order valence-corrected chi connectivity index (χ1v) is 8.66. The highest BCUT2D eigenvalue weighted by Crippen LogP contribution is 2.45. The van der Waals surface area contributed by atoms with E-state index < -0.39 is 17.3 Å². The molecule has 26 heavy (non-hydrogen) atoms. The molecule has 1 fully saturated rings. The van der Waals surface area contributed by atoms with Crippen LogP contribution in [0.4, 0.5) is 20.2 Å². The maximum atomic E-state index is 13.1. The smallest absolute Gasteiger partial charge is 0.283 e. The Morgan fingerprint density at radius 1 is 1.50 bits per heavy atom. The van der Waals surface area contributed by atoms with Crippen LogP contribution >= 0.6 is 15.9 Å². The average molecular weight is 429 g/mol. The van der Waals surface area contributed by atoms with E-state index in [1.54, 1.807) is 6.92 Å². The Morgan fingerprint density at radius 2 is 2.19 bits per heavy atom. The van der Waals surface area contributed by atoms with Crippen LogP contribution in [0, 0.1) is 17.0 Å². The first-order valence-electron chi connectivity index (χ1n) is 7.87. The number of halogens is 3. The van der Waals surface area contributed by atoms with Crippen molar-refractivity contribution in [2.24, 2.45) is 0 Å². The van der Waals surface area contributed by atoms with Crippen LogP contribution in [0.2, 0.25) is 0 Å². The minimum absolute atomic E-state index is 0.0749. The van der Waals surface area contributed by atoms with Gasteiger partial charge in [0.1, 0.15) is 12.2 Å². The maximum absolute atomic E-state index is 13.1. The van der Waals surface area contributed by atoms with Crippen LogP contribution in [0.1, 0.15) is 42.1 Å². The zero-order valence-electron chi connectivity index (χ0n) is 13.7. The van der Waals surface area contributed by atoms with Gasteiger partial charge in [0.15, 0.2) is 0 Å². The molecule has 7 nitrogen and oxygen atoms in total. The summed E-state index contributed by atoms with van der Waals surface area (Å²) < 4.78 is 27.7. The Bertz CT molecular complexity index is 881. The number of anilines is 1. The van der Waals surface area contributed by atoms with Crippen molar-refractivity contribution in [2.75, 3.05) is 5.32 Å². The van der Waals surface area contributed by atoms with Gasteiger partial charge in [0.25, 0.3) is 12.1 Å². The summed E-state index contributed by atoms with van der Waals surface area (Å²) in [6, 6.07) is 4.08. The van der Waals surface area contributed by atoms with Crippen molar-refractivity contribution in [3.63, 3.8) is 0 Å². The van der Waals surface area contributed by atoms with Crippen molar-refractivity contribution < 1.29 is 18.5 Å². The van der Waals surface area contributed by atoms with Crippen molar-refractivity contribution >= 4 is 33.2 Å². The first kappa shape index (κ1) is 18.4. The third kappa shape index (κ3) is 3.74. The normalized spacial score (nSPS) is 13.9. The molecule has 0 bridgehead atoms. The lowest BCUT2D eigenvalue weighted by Crippen LogP contribution is -2.21. The van der Waals surface area contributed by atoms with Crippen molar-refractivity contribution in [1.29, 1.82) is 0 Å². The van der Waals surface area contributed by atoms with E-state index >= 15 is 0 Å². The standard InChI is InChI=1S/C16H15BrF2N4O3/c1-8-6-10(23(25)26)4-5-11(8)20-12(24)7-22-15(9-2-3-9)13(17)14(21-22)16(18)19/h4-6,9,16H,2-3,7H2,1H3,(H,20,24). The van der Waals surface area contributed by atoms with Gasteiger partial charge in [-0.05, 0) is 47.3 Å². The van der Waals surface area contributed by atoms with Gasteiger partial charge in [-0.3, -0.25) is 19.6 Å². The van der Waals surface area contributed by atoms with Gasteiger partial charge >= 0.3 is 0 Å². The van der Waals surface area contributed by atoms with Gasteiger partial charge in [0, 0.05) is 23.7 Å². The number of nitrogens with one attached hydrogen (secondary N) is 1. The largest absolute Gasteiger partial charge is 0.324 e. The first-order chi connectivity index (χ1) is 12.3. The molecular formula is C16H15BrF2N4O3. The molecule has 138 valence electrons. The number of aryl methyl sites for hydroxylation is 1. The quantitative estimate of drug-likeness (QED) is 0.547.